The monoisotopic (exact) mass is 637 g/mol. The van der Waals surface area contributed by atoms with Gasteiger partial charge in [-0.3, -0.25) is 9.59 Å². The summed E-state index contributed by atoms with van der Waals surface area (Å²) in [5.74, 6) is -0.524. The molecule has 0 fully saturated rings. The van der Waals surface area contributed by atoms with Gasteiger partial charge in [-0.15, -0.1) is 11.1 Å². The number of nitrogens with one attached hydrogen (secondary N) is 2. The largest absolute Gasteiger partial charge is 0.405 e. The Bertz CT molecular complexity index is 1440. The predicted octanol–water partition coefficient (Wildman–Crippen LogP) is 5.75. The number of carbonyl (C=O) groups excluding carboxylic acids is 2. The molecule has 1 heterocycles. The number of aromatic nitrogens is 2. The molecule has 2 amide bonds. The van der Waals surface area contributed by atoms with Crippen LogP contribution in [0.2, 0.25) is 0 Å². The Morgan fingerprint density at radius 3 is 2.45 bits per heavy atom. The second kappa shape index (κ2) is 12.2. The molecule has 5 rings (SSSR count). The molecule has 10 heteroatoms. The number of imidazole rings is 1. The number of hydrogen-bond donors (Lipinski definition) is 2. The summed E-state index contributed by atoms with van der Waals surface area (Å²) in [5.41, 5.74) is 2.18. The van der Waals surface area contributed by atoms with Crippen molar-refractivity contribution in [2.75, 3.05) is 11.9 Å². The molecule has 40 heavy (non-hydrogen) atoms. The van der Waals surface area contributed by atoms with E-state index in [-0.39, 0.29) is 26.3 Å². The van der Waals surface area contributed by atoms with Crippen LogP contribution in [0, 0.1) is 6.07 Å². The number of benzene rings is 3. The number of anilines is 1. The van der Waals surface area contributed by atoms with Gasteiger partial charge in [0.1, 0.15) is 6.54 Å². The fourth-order valence-corrected chi connectivity index (χ4v) is 5.19. The minimum atomic E-state index is -4.52. The van der Waals surface area contributed by atoms with E-state index in [2.05, 4.69) is 21.7 Å². The van der Waals surface area contributed by atoms with Crippen molar-refractivity contribution < 1.29 is 43.2 Å². The Hall–Kier alpha value is -3.74. The van der Waals surface area contributed by atoms with E-state index in [4.69, 9.17) is 0 Å². The third-order valence-corrected chi connectivity index (χ3v) is 6.93. The number of halogens is 3. The summed E-state index contributed by atoms with van der Waals surface area (Å²) < 4.78 is 40.9. The zero-order valence-electron chi connectivity index (χ0n) is 21.3. The second-order valence-corrected chi connectivity index (χ2v) is 9.48. The van der Waals surface area contributed by atoms with Gasteiger partial charge in [0, 0.05) is 38.7 Å². The van der Waals surface area contributed by atoms with Gasteiger partial charge in [0.15, 0.2) is 5.82 Å². The van der Waals surface area contributed by atoms with Crippen molar-refractivity contribution in [1.29, 1.82) is 0 Å². The molecule has 0 saturated heterocycles. The third-order valence-electron chi connectivity index (χ3n) is 6.93. The molecule has 210 valence electrons. The quantitative estimate of drug-likeness (QED) is 0.140. The number of carbonyl (C=O) groups is 2. The molecule has 1 unspecified atom stereocenters. The van der Waals surface area contributed by atoms with Crippen LogP contribution in [0.4, 0.5) is 19.0 Å². The minimum Gasteiger partial charge on any atom is -0.346 e. The van der Waals surface area contributed by atoms with Crippen LogP contribution in [0.25, 0.3) is 11.1 Å². The molecule has 2 N–H and O–H groups in total. The molecule has 0 radical (unpaired) electrons. The van der Waals surface area contributed by atoms with Crippen molar-refractivity contribution in [3.63, 3.8) is 0 Å². The fourth-order valence-electron chi connectivity index (χ4n) is 5.19. The van der Waals surface area contributed by atoms with E-state index in [0.717, 1.165) is 11.1 Å². The molecule has 0 bridgehead atoms. The molecule has 3 aromatic carbocycles. The van der Waals surface area contributed by atoms with Crippen LogP contribution in [0.15, 0.2) is 85.3 Å². The fraction of sp³-hybridized carbons (Fsp3) is 0.233. The normalized spacial score (nSPS) is 15.5. The van der Waals surface area contributed by atoms with Crippen LogP contribution in [-0.4, -0.2) is 34.1 Å². The molecule has 1 aromatic heterocycles. The van der Waals surface area contributed by atoms with Gasteiger partial charge in [0.05, 0.1) is 11.7 Å². The molecule has 0 saturated carbocycles. The number of fused-ring (bicyclic) bond motifs is 3. The van der Waals surface area contributed by atoms with Gasteiger partial charge in [-0.1, -0.05) is 54.4 Å². The van der Waals surface area contributed by atoms with Gasteiger partial charge in [0.2, 0.25) is 5.91 Å². The smallest absolute Gasteiger partial charge is 0.346 e. The SMILES string of the molecule is O=C(Nc1cn(CCCCC2(C(=O)NCC(F)(F)F)c3[c-]cccc3-c3ccccc32)cn1)c1ccccc1.[Pd]. The van der Waals surface area contributed by atoms with Gasteiger partial charge in [-0.2, -0.15) is 37.4 Å². The summed E-state index contributed by atoms with van der Waals surface area (Å²) >= 11 is 0. The van der Waals surface area contributed by atoms with Crippen molar-refractivity contribution >= 4 is 17.6 Å². The van der Waals surface area contributed by atoms with Crippen molar-refractivity contribution in [1.82, 2.24) is 14.9 Å². The first kappa shape index (κ1) is 29.2. The summed E-state index contributed by atoms with van der Waals surface area (Å²) in [5, 5.41) is 4.90. The van der Waals surface area contributed by atoms with E-state index >= 15 is 0 Å². The molecule has 4 aromatic rings. The van der Waals surface area contributed by atoms with Crippen LogP contribution >= 0.6 is 0 Å². The van der Waals surface area contributed by atoms with E-state index in [1.165, 1.54) is 0 Å². The van der Waals surface area contributed by atoms with Gasteiger partial charge < -0.3 is 15.2 Å². The zero-order chi connectivity index (χ0) is 27.5. The van der Waals surface area contributed by atoms with Crippen LogP contribution < -0.4 is 10.6 Å². The van der Waals surface area contributed by atoms with E-state index in [9.17, 15) is 22.8 Å². The standard InChI is InChI=1S/C30H26F3N4O2.Pd/c31-30(32,33)19-34-28(39)29(24-14-6-4-12-22(24)23-13-5-7-15-25(23)29)16-8-9-17-37-18-26(35-20-37)36-27(38)21-10-2-1-3-11-21;/h1-7,10-14,18,20H,8-9,16-17,19H2,(H,34,39)(H,36,38);/q-1;. The Kier molecular flexibility index (Phi) is 8.92. The average molecular weight is 638 g/mol. The second-order valence-electron chi connectivity index (χ2n) is 9.48. The maximum atomic E-state index is 13.5. The Morgan fingerprint density at radius 2 is 1.68 bits per heavy atom. The van der Waals surface area contributed by atoms with Crippen molar-refractivity contribution in [2.24, 2.45) is 0 Å². The minimum absolute atomic E-state index is 0. The number of rotatable bonds is 9. The maximum absolute atomic E-state index is 13.5. The first-order valence-corrected chi connectivity index (χ1v) is 12.6. The van der Waals surface area contributed by atoms with Crippen LogP contribution in [0.1, 0.15) is 40.7 Å². The summed E-state index contributed by atoms with van der Waals surface area (Å²) in [6, 6.07) is 24.7. The molecule has 0 aliphatic heterocycles. The number of nitrogens with zero attached hydrogens (tertiary/aromatic N) is 2. The van der Waals surface area contributed by atoms with E-state index in [1.807, 2.05) is 41.0 Å². The number of unbranched alkanes of at least 4 members (excludes halogenated alkanes) is 1. The molecule has 1 atom stereocenters. The van der Waals surface area contributed by atoms with Gasteiger partial charge in [0.25, 0.3) is 5.91 Å². The molecular weight excluding hydrogens is 612 g/mol. The number of alkyl halides is 3. The molecule has 1 aliphatic carbocycles. The predicted molar refractivity (Wildman–Crippen MR) is 141 cm³/mol. The van der Waals surface area contributed by atoms with Crippen LogP contribution in [0.5, 0.6) is 0 Å². The van der Waals surface area contributed by atoms with Crippen LogP contribution in [-0.2, 0) is 37.2 Å². The maximum Gasteiger partial charge on any atom is 0.405 e. The van der Waals surface area contributed by atoms with E-state index in [0.29, 0.717) is 48.3 Å². The van der Waals surface area contributed by atoms with E-state index in [1.54, 1.807) is 48.9 Å². The van der Waals surface area contributed by atoms with Crippen molar-refractivity contribution in [3.05, 3.63) is 108 Å². The van der Waals surface area contributed by atoms with Crippen molar-refractivity contribution in [2.45, 2.75) is 37.4 Å². The number of amides is 2. The van der Waals surface area contributed by atoms with Gasteiger partial charge in [-0.25, -0.2) is 4.98 Å². The van der Waals surface area contributed by atoms with E-state index < -0.39 is 24.0 Å². The number of hydrogen-bond acceptors (Lipinski definition) is 3. The Balaban J connectivity index is 0.00000370. The molecule has 6 nitrogen and oxygen atoms in total. The third kappa shape index (κ3) is 6.03. The summed E-state index contributed by atoms with van der Waals surface area (Å²) in [6.07, 6.45) is 0.322. The average Bonchev–Trinajstić information content (AvgIpc) is 3.50. The van der Waals surface area contributed by atoms with Gasteiger partial charge in [-0.05, 0) is 30.5 Å². The summed E-state index contributed by atoms with van der Waals surface area (Å²) in [4.78, 5) is 30.2. The Labute approximate surface area is 243 Å². The first-order chi connectivity index (χ1) is 18.8. The molecule has 1 aliphatic rings. The zero-order valence-corrected chi connectivity index (χ0v) is 22.8. The molecular formula is C30H26F3N4O2Pd-. The Morgan fingerprint density at radius 1 is 0.950 bits per heavy atom. The summed E-state index contributed by atoms with van der Waals surface area (Å²) in [6.45, 7) is -0.841. The van der Waals surface area contributed by atoms with Crippen molar-refractivity contribution in [3.8, 4) is 11.1 Å². The molecule has 0 spiro atoms. The first-order valence-electron chi connectivity index (χ1n) is 12.6. The topological polar surface area (TPSA) is 76.0 Å². The summed E-state index contributed by atoms with van der Waals surface area (Å²) in [7, 11) is 0. The van der Waals surface area contributed by atoms with Gasteiger partial charge >= 0.3 is 6.18 Å². The number of aryl methyl sites for hydroxylation is 1. The van der Waals surface area contributed by atoms with Crippen LogP contribution in [0.3, 0.4) is 0 Å².